The molecule has 1 aliphatic rings. The van der Waals surface area contributed by atoms with Gasteiger partial charge >= 0.3 is 0 Å². The summed E-state index contributed by atoms with van der Waals surface area (Å²) in [6.45, 7) is 6.51. The molecular formula is C25H30N4O2. The third kappa shape index (κ3) is 5.93. The zero-order chi connectivity index (χ0) is 22.2. The Bertz CT molecular complexity index is 900. The summed E-state index contributed by atoms with van der Waals surface area (Å²) in [7, 11) is 0. The van der Waals surface area contributed by atoms with Crippen molar-refractivity contribution in [2.24, 2.45) is 5.92 Å². The Morgan fingerprint density at radius 3 is 2.10 bits per heavy atom. The number of amides is 2. The number of carbonyl (C=O) groups is 2. The Hall–Kier alpha value is -3.17. The largest absolute Gasteiger partial charge is 0.340 e. The van der Waals surface area contributed by atoms with E-state index in [1.807, 2.05) is 67.3 Å². The second-order valence-electron chi connectivity index (χ2n) is 8.26. The molecule has 1 fully saturated rings. The molecule has 0 aliphatic carbocycles. The Morgan fingerprint density at radius 1 is 0.968 bits per heavy atom. The normalized spacial score (nSPS) is 16.4. The van der Waals surface area contributed by atoms with Crippen molar-refractivity contribution in [3.63, 3.8) is 0 Å². The summed E-state index contributed by atoms with van der Waals surface area (Å²) in [5.41, 5.74) is 1.53. The number of nitrogens with one attached hydrogen (secondary N) is 1. The van der Waals surface area contributed by atoms with Crippen molar-refractivity contribution in [2.45, 2.75) is 32.4 Å². The van der Waals surface area contributed by atoms with E-state index in [9.17, 15) is 14.9 Å². The molecule has 2 amide bonds. The minimum Gasteiger partial charge on any atom is -0.340 e. The van der Waals surface area contributed by atoms with Gasteiger partial charge in [-0.25, -0.2) is 0 Å². The van der Waals surface area contributed by atoms with Gasteiger partial charge in [0.05, 0.1) is 6.07 Å². The number of piperazine rings is 1. The fourth-order valence-electron chi connectivity index (χ4n) is 3.97. The molecule has 0 aromatic heterocycles. The van der Waals surface area contributed by atoms with Crippen LogP contribution in [-0.4, -0.2) is 59.9 Å². The van der Waals surface area contributed by atoms with Gasteiger partial charge in [-0.05, 0) is 23.6 Å². The van der Waals surface area contributed by atoms with Crippen molar-refractivity contribution in [1.82, 2.24) is 15.1 Å². The van der Waals surface area contributed by atoms with Crippen LogP contribution in [0.3, 0.4) is 0 Å². The molecule has 2 atom stereocenters. The molecule has 2 unspecified atom stereocenters. The van der Waals surface area contributed by atoms with Crippen LogP contribution in [0, 0.1) is 17.2 Å². The fraction of sp³-hybridized carbons (Fsp3) is 0.400. The van der Waals surface area contributed by atoms with E-state index in [0.29, 0.717) is 38.2 Å². The molecule has 0 bridgehead atoms. The molecule has 6 heteroatoms. The molecule has 162 valence electrons. The summed E-state index contributed by atoms with van der Waals surface area (Å²) in [6.07, 6.45) is 0.436. The number of nitriles is 1. The van der Waals surface area contributed by atoms with Gasteiger partial charge in [-0.1, -0.05) is 62.4 Å². The average Bonchev–Trinajstić information content (AvgIpc) is 2.80. The first-order chi connectivity index (χ1) is 15.0. The van der Waals surface area contributed by atoms with Crippen molar-refractivity contribution in [3.05, 3.63) is 71.8 Å². The Labute approximate surface area is 184 Å². The van der Waals surface area contributed by atoms with E-state index >= 15 is 0 Å². The second-order valence-corrected chi connectivity index (χ2v) is 8.26. The van der Waals surface area contributed by atoms with Crippen molar-refractivity contribution in [3.8, 4) is 6.07 Å². The molecule has 1 heterocycles. The quantitative estimate of drug-likeness (QED) is 0.750. The van der Waals surface area contributed by atoms with Gasteiger partial charge in [0.15, 0.2) is 0 Å². The first-order valence-corrected chi connectivity index (χ1v) is 10.8. The summed E-state index contributed by atoms with van der Waals surface area (Å²) in [5, 5.41) is 12.4. The summed E-state index contributed by atoms with van der Waals surface area (Å²) in [4.78, 5) is 30.1. The highest BCUT2D eigenvalue weighted by molar-refractivity contribution is 5.97. The Balaban J connectivity index is 1.70. The number of rotatable bonds is 7. The predicted octanol–water partition coefficient (Wildman–Crippen LogP) is 2.72. The summed E-state index contributed by atoms with van der Waals surface area (Å²) in [6, 6.07) is 20.3. The fourth-order valence-corrected chi connectivity index (χ4v) is 3.97. The summed E-state index contributed by atoms with van der Waals surface area (Å²) in [5.74, 6) is -0.0908. The van der Waals surface area contributed by atoms with Crippen LogP contribution in [0.5, 0.6) is 0 Å². The molecule has 31 heavy (non-hydrogen) atoms. The molecule has 1 aliphatic heterocycles. The molecule has 6 nitrogen and oxygen atoms in total. The molecule has 1 saturated heterocycles. The monoisotopic (exact) mass is 418 g/mol. The Morgan fingerprint density at radius 2 is 1.55 bits per heavy atom. The molecular weight excluding hydrogens is 388 g/mol. The molecule has 0 radical (unpaired) electrons. The second kappa shape index (κ2) is 10.7. The van der Waals surface area contributed by atoms with E-state index in [1.54, 1.807) is 12.1 Å². The molecule has 3 rings (SSSR count). The van der Waals surface area contributed by atoms with Crippen LogP contribution in [0.15, 0.2) is 60.7 Å². The van der Waals surface area contributed by atoms with Crippen LogP contribution < -0.4 is 5.32 Å². The zero-order valence-corrected chi connectivity index (χ0v) is 18.2. The third-order valence-corrected chi connectivity index (χ3v) is 5.71. The SMILES string of the molecule is CC(C)C(C#N)N1CCN(C(=O)C(Cc2ccccc2)NC(=O)c2ccccc2)CC1. The highest BCUT2D eigenvalue weighted by Crippen LogP contribution is 2.15. The van der Waals surface area contributed by atoms with Gasteiger partial charge in [-0.2, -0.15) is 5.26 Å². The minimum atomic E-state index is -0.640. The van der Waals surface area contributed by atoms with Gasteiger partial charge in [-0.15, -0.1) is 0 Å². The van der Waals surface area contributed by atoms with E-state index in [0.717, 1.165) is 5.56 Å². The van der Waals surface area contributed by atoms with Crippen LogP contribution in [0.2, 0.25) is 0 Å². The van der Waals surface area contributed by atoms with Crippen LogP contribution in [0.4, 0.5) is 0 Å². The molecule has 0 saturated carbocycles. The maximum atomic E-state index is 13.4. The van der Waals surface area contributed by atoms with Crippen LogP contribution in [0.25, 0.3) is 0 Å². The summed E-state index contributed by atoms with van der Waals surface area (Å²) >= 11 is 0. The lowest BCUT2D eigenvalue weighted by atomic mass is 10.0. The van der Waals surface area contributed by atoms with E-state index in [1.165, 1.54) is 0 Å². The summed E-state index contributed by atoms with van der Waals surface area (Å²) < 4.78 is 0. The number of hydrogen-bond acceptors (Lipinski definition) is 4. The maximum Gasteiger partial charge on any atom is 0.251 e. The van der Waals surface area contributed by atoms with Crippen molar-refractivity contribution < 1.29 is 9.59 Å². The highest BCUT2D eigenvalue weighted by atomic mass is 16.2. The maximum absolute atomic E-state index is 13.4. The lowest BCUT2D eigenvalue weighted by Crippen LogP contribution is -2.57. The van der Waals surface area contributed by atoms with Crippen LogP contribution in [0.1, 0.15) is 29.8 Å². The van der Waals surface area contributed by atoms with E-state index in [4.69, 9.17) is 0 Å². The minimum absolute atomic E-state index is 0.0779. The van der Waals surface area contributed by atoms with Gasteiger partial charge in [0, 0.05) is 38.2 Å². The van der Waals surface area contributed by atoms with E-state index in [2.05, 4.69) is 16.3 Å². The van der Waals surface area contributed by atoms with Crippen molar-refractivity contribution >= 4 is 11.8 Å². The van der Waals surface area contributed by atoms with Crippen LogP contribution in [-0.2, 0) is 11.2 Å². The smallest absolute Gasteiger partial charge is 0.251 e. The zero-order valence-electron chi connectivity index (χ0n) is 18.2. The van der Waals surface area contributed by atoms with Gasteiger partial charge < -0.3 is 10.2 Å². The van der Waals surface area contributed by atoms with E-state index in [-0.39, 0.29) is 23.8 Å². The van der Waals surface area contributed by atoms with Crippen LogP contribution >= 0.6 is 0 Å². The topological polar surface area (TPSA) is 76.4 Å². The lowest BCUT2D eigenvalue weighted by molar-refractivity contribution is -0.135. The Kier molecular flexibility index (Phi) is 7.80. The number of carbonyl (C=O) groups excluding carboxylic acids is 2. The van der Waals surface area contributed by atoms with Crippen molar-refractivity contribution in [2.75, 3.05) is 26.2 Å². The highest BCUT2D eigenvalue weighted by Gasteiger charge is 2.31. The predicted molar refractivity (Wildman–Crippen MR) is 120 cm³/mol. The first kappa shape index (κ1) is 22.5. The third-order valence-electron chi connectivity index (χ3n) is 5.71. The number of nitrogens with zero attached hydrogens (tertiary/aromatic N) is 3. The van der Waals surface area contributed by atoms with Gasteiger partial charge in [0.25, 0.3) is 5.91 Å². The average molecular weight is 419 g/mol. The molecule has 2 aromatic rings. The number of hydrogen-bond donors (Lipinski definition) is 1. The van der Waals surface area contributed by atoms with E-state index < -0.39 is 6.04 Å². The molecule has 2 aromatic carbocycles. The lowest BCUT2D eigenvalue weighted by Gasteiger charge is -2.39. The first-order valence-electron chi connectivity index (χ1n) is 10.8. The van der Waals surface area contributed by atoms with Gasteiger partial charge in [0.1, 0.15) is 12.1 Å². The van der Waals surface area contributed by atoms with Crippen molar-refractivity contribution in [1.29, 1.82) is 5.26 Å². The van der Waals surface area contributed by atoms with Gasteiger partial charge in [-0.3, -0.25) is 14.5 Å². The molecule has 0 spiro atoms. The molecule has 1 N–H and O–H groups in total. The number of benzene rings is 2. The van der Waals surface area contributed by atoms with Gasteiger partial charge in [0.2, 0.25) is 5.91 Å². The standard InChI is InChI=1S/C25H30N4O2/c1-19(2)23(18-26)28-13-15-29(16-14-28)25(31)22(17-20-9-5-3-6-10-20)27-24(30)21-11-7-4-8-12-21/h3-12,19,22-23H,13-17H2,1-2H3,(H,27,30).